The maximum atomic E-state index is 5.75. The summed E-state index contributed by atoms with van der Waals surface area (Å²) in [5.41, 5.74) is 7.85. The Morgan fingerprint density at radius 1 is 1.32 bits per heavy atom. The van der Waals surface area contributed by atoms with Gasteiger partial charge in [0.25, 0.3) is 0 Å². The van der Waals surface area contributed by atoms with E-state index >= 15 is 0 Å². The van der Waals surface area contributed by atoms with E-state index in [1.54, 1.807) is 18.4 Å². The van der Waals surface area contributed by atoms with Crippen LogP contribution in [0.15, 0.2) is 29.6 Å². The van der Waals surface area contributed by atoms with Crippen molar-refractivity contribution in [1.29, 1.82) is 0 Å². The molecule has 5 heteroatoms. The summed E-state index contributed by atoms with van der Waals surface area (Å²) in [6.07, 6.45) is 4.83. The highest BCUT2D eigenvalue weighted by molar-refractivity contribution is 7.14. The minimum Gasteiger partial charge on any atom is -0.497 e. The second kappa shape index (κ2) is 7.11. The molecule has 1 fully saturated rings. The van der Waals surface area contributed by atoms with E-state index in [-0.39, 0.29) is 0 Å². The first-order chi connectivity index (χ1) is 10.8. The van der Waals surface area contributed by atoms with Crippen LogP contribution in [0.2, 0.25) is 0 Å². The number of ether oxygens (including phenoxy) is 1. The molecule has 118 valence electrons. The summed E-state index contributed by atoms with van der Waals surface area (Å²) in [7, 11) is 1.69. The summed E-state index contributed by atoms with van der Waals surface area (Å²) >= 11 is 1.67. The van der Waals surface area contributed by atoms with Crippen molar-refractivity contribution in [1.82, 2.24) is 4.98 Å². The van der Waals surface area contributed by atoms with Gasteiger partial charge in [0.05, 0.1) is 12.8 Å². The van der Waals surface area contributed by atoms with Crippen LogP contribution in [-0.2, 0) is 0 Å². The van der Waals surface area contributed by atoms with Crippen LogP contribution >= 0.6 is 11.3 Å². The number of rotatable bonds is 5. The fourth-order valence-corrected chi connectivity index (χ4v) is 3.77. The lowest BCUT2D eigenvalue weighted by Crippen LogP contribution is -2.29. The highest BCUT2D eigenvalue weighted by atomic mass is 32.1. The van der Waals surface area contributed by atoms with Crippen LogP contribution in [0.1, 0.15) is 25.7 Å². The Kier molecular flexibility index (Phi) is 4.95. The third-order valence-electron chi connectivity index (χ3n) is 4.38. The van der Waals surface area contributed by atoms with Gasteiger partial charge in [-0.25, -0.2) is 4.98 Å². The molecule has 1 saturated carbocycles. The van der Waals surface area contributed by atoms with E-state index < -0.39 is 0 Å². The molecule has 1 aromatic heterocycles. The Morgan fingerprint density at radius 3 is 2.86 bits per heavy atom. The largest absolute Gasteiger partial charge is 0.497 e. The number of hydrogen-bond acceptors (Lipinski definition) is 5. The molecule has 0 saturated heterocycles. The zero-order chi connectivity index (χ0) is 15.4. The third kappa shape index (κ3) is 3.59. The maximum absolute atomic E-state index is 5.75. The number of thiazole rings is 1. The van der Waals surface area contributed by atoms with Crippen LogP contribution in [0, 0.1) is 5.92 Å². The van der Waals surface area contributed by atoms with Crippen molar-refractivity contribution in [2.75, 3.05) is 19.0 Å². The molecule has 0 amide bonds. The smallest absolute Gasteiger partial charge is 0.183 e. The number of methoxy groups -OCH3 is 1. The number of benzene rings is 1. The summed E-state index contributed by atoms with van der Waals surface area (Å²) < 4.78 is 5.28. The van der Waals surface area contributed by atoms with Crippen LogP contribution in [0.4, 0.5) is 5.13 Å². The lowest BCUT2D eigenvalue weighted by Gasteiger charge is -2.28. The fraction of sp³-hybridized carbons (Fsp3) is 0.471. The van der Waals surface area contributed by atoms with Crippen molar-refractivity contribution >= 4 is 16.5 Å². The van der Waals surface area contributed by atoms with E-state index in [9.17, 15) is 0 Å². The second-order valence-electron chi connectivity index (χ2n) is 5.87. The molecule has 0 bridgehead atoms. The van der Waals surface area contributed by atoms with Crippen LogP contribution < -0.4 is 15.8 Å². The van der Waals surface area contributed by atoms with E-state index in [1.807, 2.05) is 18.2 Å². The molecule has 1 aromatic carbocycles. The minimum atomic E-state index is 0.534. The summed E-state index contributed by atoms with van der Waals surface area (Å²) in [5, 5.41) is 6.69. The van der Waals surface area contributed by atoms with E-state index in [0.717, 1.165) is 28.7 Å². The molecular formula is C17H23N3OS. The minimum absolute atomic E-state index is 0.534. The summed E-state index contributed by atoms with van der Waals surface area (Å²) in [6.45, 7) is 0.823. The molecule has 22 heavy (non-hydrogen) atoms. The van der Waals surface area contributed by atoms with E-state index in [4.69, 9.17) is 15.5 Å². The average Bonchev–Trinajstić information content (AvgIpc) is 3.04. The van der Waals surface area contributed by atoms with Crippen LogP contribution in [0.5, 0.6) is 5.75 Å². The number of hydrogen-bond donors (Lipinski definition) is 2. The molecule has 0 unspecified atom stereocenters. The number of aromatic nitrogens is 1. The van der Waals surface area contributed by atoms with Gasteiger partial charge in [-0.05, 0) is 50.3 Å². The van der Waals surface area contributed by atoms with E-state index in [0.29, 0.717) is 12.0 Å². The van der Waals surface area contributed by atoms with Gasteiger partial charge >= 0.3 is 0 Å². The maximum Gasteiger partial charge on any atom is 0.183 e. The zero-order valence-corrected chi connectivity index (χ0v) is 13.7. The predicted molar refractivity (Wildman–Crippen MR) is 92.5 cm³/mol. The first kappa shape index (κ1) is 15.3. The normalized spacial score (nSPS) is 21.5. The fourth-order valence-electron chi connectivity index (χ4n) is 2.97. The van der Waals surface area contributed by atoms with Gasteiger partial charge in [0.1, 0.15) is 5.75 Å². The molecule has 3 rings (SSSR count). The first-order valence-corrected chi connectivity index (χ1v) is 8.73. The van der Waals surface area contributed by atoms with Gasteiger partial charge in [0, 0.05) is 17.0 Å². The molecule has 1 aliphatic rings. The standard InChI is InChI=1S/C17H23N3OS/c1-21-15-4-2-3-13(9-15)16-11-22-17(20-16)19-14-7-5-12(10-18)6-8-14/h2-4,9,11-12,14H,5-8,10,18H2,1H3,(H,19,20). The van der Waals surface area contributed by atoms with Gasteiger partial charge < -0.3 is 15.8 Å². The molecule has 1 aliphatic carbocycles. The molecule has 0 aliphatic heterocycles. The van der Waals surface area contributed by atoms with Gasteiger partial charge in [-0.1, -0.05) is 12.1 Å². The lowest BCUT2D eigenvalue weighted by molar-refractivity contribution is 0.345. The van der Waals surface area contributed by atoms with Crippen LogP contribution in [-0.4, -0.2) is 24.7 Å². The van der Waals surface area contributed by atoms with Gasteiger partial charge in [-0.3, -0.25) is 0 Å². The SMILES string of the molecule is COc1cccc(-c2csc(NC3CCC(CN)CC3)n2)c1. The molecule has 4 nitrogen and oxygen atoms in total. The second-order valence-corrected chi connectivity index (χ2v) is 6.73. The highest BCUT2D eigenvalue weighted by Gasteiger charge is 2.20. The summed E-state index contributed by atoms with van der Waals surface area (Å²) in [5.74, 6) is 1.57. The average molecular weight is 317 g/mol. The zero-order valence-electron chi connectivity index (χ0n) is 12.9. The van der Waals surface area contributed by atoms with Gasteiger partial charge in [-0.2, -0.15) is 0 Å². The third-order valence-corrected chi connectivity index (χ3v) is 5.15. The summed E-state index contributed by atoms with van der Waals surface area (Å²) in [6, 6.07) is 8.56. The topological polar surface area (TPSA) is 60.2 Å². The Labute approximate surface area is 135 Å². The van der Waals surface area contributed by atoms with E-state index in [1.165, 1.54) is 25.7 Å². The lowest BCUT2D eigenvalue weighted by atomic mass is 9.86. The Balaban J connectivity index is 1.64. The van der Waals surface area contributed by atoms with Crippen molar-refractivity contribution in [3.63, 3.8) is 0 Å². The van der Waals surface area contributed by atoms with Gasteiger partial charge in [-0.15, -0.1) is 11.3 Å². The molecule has 1 heterocycles. The molecule has 0 atom stereocenters. The quantitative estimate of drug-likeness (QED) is 0.882. The number of nitrogens with zero attached hydrogens (tertiary/aromatic N) is 1. The molecule has 3 N–H and O–H groups in total. The molecule has 0 radical (unpaired) electrons. The first-order valence-electron chi connectivity index (χ1n) is 7.85. The Bertz CT molecular complexity index is 605. The Morgan fingerprint density at radius 2 is 2.14 bits per heavy atom. The van der Waals surface area contributed by atoms with Crippen LogP contribution in [0.3, 0.4) is 0 Å². The number of anilines is 1. The van der Waals surface area contributed by atoms with Crippen molar-refractivity contribution in [2.24, 2.45) is 11.7 Å². The molecule has 2 aromatic rings. The Hall–Kier alpha value is -1.59. The van der Waals surface area contributed by atoms with Crippen molar-refractivity contribution in [2.45, 2.75) is 31.7 Å². The molecule has 0 spiro atoms. The highest BCUT2D eigenvalue weighted by Crippen LogP contribution is 2.30. The predicted octanol–water partition coefficient (Wildman–Crippen LogP) is 3.75. The van der Waals surface area contributed by atoms with E-state index in [2.05, 4.69) is 16.8 Å². The van der Waals surface area contributed by atoms with Crippen molar-refractivity contribution < 1.29 is 4.74 Å². The number of nitrogens with two attached hydrogens (primary N) is 1. The molecular weight excluding hydrogens is 294 g/mol. The van der Waals surface area contributed by atoms with Crippen LogP contribution in [0.25, 0.3) is 11.3 Å². The van der Waals surface area contributed by atoms with Gasteiger partial charge in [0.15, 0.2) is 5.13 Å². The van der Waals surface area contributed by atoms with Crippen molar-refractivity contribution in [3.8, 4) is 17.0 Å². The monoisotopic (exact) mass is 317 g/mol. The van der Waals surface area contributed by atoms with Crippen molar-refractivity contribution in [3.05, 3.63) is 29.6 Å². The summed E-state index contributed by atoms with van der Waals surface area (Å²) in [4.78, 5) is 4.72. The number of nitrogens with one attached hydrogen (secondary N) is 1. The van der Waals surface area contributed by atoms with Gasteiger partial charge in [0.2, 0.25) is 0 Å².